The van der Waals surface area contributed by atoms with Crippen molar-refractivity contribution in [3.63, 3.8) is 0 Å². The maximum absolute atomic E-state index is 10.3. The fourth-order valence-electron chi connectivity index (χ4n) is 0.643. The zero-order valence-electron chi connectivity index (χ0n) is 5.63. The van der Waals surface area contributed by atoms with Crippen LogP contribution in [0.2, 0.25) is 0 Å². The van der Waals surface area contributed by atoms with Crippen LogP contribution in [-0.4, -0.2) is 11.1 Å². The zero-order valence-corrected chi connectivity index (χ0v) is 5.63. The molecule has 0 aliphatic rings. The predicted octanol–water partition coefficient (Wildman–Crippen LogP) is 1.67. The van der Waals surface area contributed by atoms with E-state index in [2.05, 4.69) is 6.58 Å². The minimum Gasteiger partial charge on any atom is -0.481 e. The molecular formula is C7H12O2. The molecule has 0 aromatic rings. The number of rotatable bonds is 4. The van der Waals surface area contributed by atoms with Crippen LogP contribution in [0.3, 0.4) is 0 Å². The lowest BCUT2D eigenvalue weighted by Crippen LogP contribution is -2.10. The Labute approximate surface area is 55.2 Å². The second-order valence-corrected chi connectivity index (χ2v) is 1.97. The number of carboxylic acid groups (broad SMARTS) is 1. The summed E-state index contributed by atoms with van der Waals surface area (Å²) in [7, 11) is 0. The molecule has 0 saturated carbocycles. The summed E-state index contributed by atoms with van der Waals surface area (Å²) in [5, 5.41) is 8.46. The number of aliphatic carboxylic acids is 1. The Bertz CT molecular complexity index is 107. The average Bonchev–Trinajstić information content (AvgIpc) is 1.82. The minimum atomic E-state index is -0.725. The number of hydrogen-bond acceptors (Lipinski definition) is 1. The van der Waals surface area contributed by atoms with Gasteiger partial charge in [0.15, 0.2) is 0 Å². The molecule has 2 heteroatoms. The number of hydrogen-bond donors (Lipinski definition) is 1. The molecule has 0 aromatic heterocycles. The van der Waals surface area contributed by atoms with E-state index in [1.807, 2.05) is 6.92 Å². The third-order valence-corrected chi connectivity index (χ3v) is 1.29. The standard InChI is InChI=1S/C7H12O2/c1-3-5-6(4-2)7(8)9/h3,6H,1,4-5H2,2H3,(H,8,9)/t6-/m0/s1. The second-order valence-electron chi connectivity index (χ2n) is 1.97. The van der Waals surface area contributed by atoms with E-state index >= 15 is 0 Å². The monoisotopic (exact) mass is 128 g/mol. The van der Waals surface area contributed by atoms with Crippen LogP contribution >= 0.6 is 0 Å². The quantitative estimate of drug-likeness (QED) is 0.585. The topological polar surface area (TPSA) is 37.3 Å². The molecule has 0 rings (SSSR count). The van der Waals surface area contributed by atoms with Crippen molar-refractivity contribution in [1.82, 2.24) is 0 Å². The first-order chi connectivity index (χ1) is 4.22. The highest BCUT2D eigenvalue weighted by Gasteiger charge is 2.11. The molecule has 0 aromatic carbocycles. The summed E-state index contributed by atoms with van der Waals surface area (Å²) in [6.07, 6.45) is 2.90. The van der Waals surface area contributed by atoms with Crippen LogP contribution in [0.5, 0.6) is 0 Å². The van der Waals surface area contributed by atoms with Crippen LogP contribution in [0.4, 0.5) is 0 Å². The summed E-state index contributed by atoms with van der Waals surface area (Å²) >= 11 is 0. The van der Waals surface area contributed by atoms with Gasteiger partial charge in [0, 0.05) is 0 Å². The third-order valence-electron chi connectivity index (χ3n) is 1.29. The largest absolute Gasteiger partial charge is 0.481 e. The van der Waals surface area contributed by atoms with Crippen molar-refractivity contribution in [3.05, 3.63) is 12.7 Å². The molecule has 2 nitrogen and oxygen atoms in total. The highest BCUT2D eigenvalue weighted by molar-refractivity contribution is 5.70. The molecule has 0 aliphatic heterocycles. The average molecular weight is 128 g/mol. The molecule has 52 valence electrons. The Kier molecular flexibility index (Phi) is 3.76. The van der Waals surface area contributed by atoms with Gasteiger partial charge in [-0.05, 0) is 12.8 Å². The normalized spacial score (nSPS) is 12.6. The van der Waals surface area contributed by atoms with Gasteiger partial charge in [-0.25, -0.2) is 0 Å². The molecule has 1 atom stereocenters. The molecule has 0 radical (unpaired) electrons. The van der Waals surface area contributed by atoms with Crippen molar-refractivity contribution in [3.8, 4) is 0 Å². The number of carbonyl (C=O) groups is 1. The van der Waals surface area contributed by atoms with Gasteiger partial charge >= 0.3 is 5.97 Å². The summed E-state index contributed by atoms with van der Waals surface area (Å²) in [6.45, 7) is 5.33. The SMILES string of the molecule is C=CC[C@H](CC)C(=O)O. The lowest BCUT2D eigenvalue weighted by atomic mass is 10.0. The molecule has 9 heavy (non-hydrogen) atoms. The van der Waals surface area contributed by atoms with Gasteiger partial charge < -0.3 is 5.11 Å². The molecule has 0 unspecified atom stereocenters. The first-order valence-corrected chi connectivity index (χ1v) is 3.06. The zero-order chi connectivity index (χ0) is 7.28. The molecule has 0 heterocycles. The maximum Gasteiger partial charge on any atom is 0.306 e. The first kappa shape index (κ1) is 8.21. The van der Waals surface area contributed by atoms with Gasteiger partial charge in [0.2, 0.25) is 0 Å². The van der Waals surface area contributed by atoms with Crippen molar-refractivity contribution in [1.29, 1.82) is 0 Å². The van der Waals surface area contributed by atoms with Gasteiger partial charge in [-0.15, -0.1) is 6.58 Å². The number of carboxylic acids is 1. The van der Waals surface area contributed by atoms with Gasteiger partial charge in [0.05, 0.1) is 5.92 Å². The van der Waals surface area contributed by atoms with Crippen LogP contribution in [0.1, 0.15) is 19.8 Å². The Balaban J connectivity index is 3.67. The van der Waals surface area contributed by atoms with Gasteiger partial charge in [-0.2, -0.15) is 0 Å². The summed E-state index contributed by atoms with van der Waals surface area (Å²) in [5.41, 5.74) is 0. The molecule has 0 fully saturated rings. The lowest BCUT2D eigenvalue weighted by Gasteiger charge is -2.03. The highest BCUT2D eigenvalue weighted by Crippen LogP contribution is 2.07. The van der Waals surface area contributed by atoms with E-state index in [9.17, 15) is 4.79 Å². The van der Waals surface area contributed by atoms with Crippen molar-refractivity contribution in [2.75, 3.05) is 0 Å². The molecule has 1 N–H and O–H groups in total. The van der Waals surface area contributed by atoms with Crippen molar-refractivity contribution in [2.24, 2.45) is 5.92 Å². The Hall–Kier alpha value is -0.790. The van der Waals surface area contributed by atoms with Crippen LogP contribution in [0, 0.1) is 5.92 Å². The molecule has 0 saturated heterocycles. The predicted molar refractivity (Wildman–Crippen MR) is 36.2 cm³/mol. The van der Waals surface area contributed by atoms with E-state index in [0.29, 0.717) is 12.8 Å². The van der Waals surface area contributed by atoms with Crippen LogP contribution in [0.15, 0.2) is 12.7 Å². The summed E-state index contributed by atoms with van der Waals surface area (Å²) in [6, 6.07) is 0. The van der Waals surface area contributed by atoms with E-state index in [-0.39, 0.29) is 5.92 Å². The number of allylic oxidation sites excluding steroid dienone is 1. The van der Waals surface area contributed by atoms with Gasteiger partial charge in [-0.1, -0.05) is 13.0 Å². The molecule has 0 spiro atoms. The van der Waals surface area contributed by atoms with Crippen LogP contribution in [-0.2, 0) is 4.79 Å². The Morgan fingerprint density at radius 2 is 2.44 bits per heavy atom. The summed E-state index contributed by atoms with van der Waals surface area (Å²) in [5.74, 6) is -0.958. The van der Waals surface area contributed by atoms with Crippen molar-refractivity contribution >= 4 is 5.97 Å². The highest BCUT2D eigenvalue weighted by atomic mass is 16.4. The molecule has 0 aliphatic carbocycles. The smallest absolute Gasteiger partial charge is 0.306 e. The van der Waals surface area contributed by atoms with Gasteiger partial charge in [0.25, 0.3) is 0 Å². The second kappa shape index (κ2) is 4.13. The molecule has 0 bridgehead atoms. The fraction of sp³-hybridized carbons (Fsp3) is 0.571. The van der Waals surface area contributed by atoms with Crippen molar-refractivity contribution in [2.45, 2.75) is 19.8 Å². The van der Waals surface area contributed by atoms with Gasteiger partial charge in [-0.3, -0.25) is 4.79 Å². The first-order valence-electron chi connectivity index (χ1n) is 3.06. The maximum atomic E-state index is 10.3. The Morgan fingerprint density at radius 3 is 2.56 bits per heavy atom. The fourth-order valence-corrected chi connectivity index (χ4v) is 0.643. The Morgan fingerprint density at radius 1 is 1.89 bits per heavy atom. The van der Waals surface area contributed by atoms with E-state index in [1.165, 1.54) is 0 Å². The van der Waals surface area contributed by atoms with Crippen LogP contribution in [0.25, 0.3) is 0 Å². The van der Waals surface area contributed by atoms with E-state index in [0.717, 1.165) is 0 Å². The van der Waals surface area contributed by atoms with Crippen molar-refractivity contribution < 1.29 is 9.90 Å². The van der Waals surface area contributed by atoms with Crippen LogP contribution < -0.4 is 0 Å². The third kappa shape index (κ3) is 2.90. The summed E-state index contributed by atoms with van der Waals surface area (Å²) < 4.78 is 0. The van der Waals surface area contributed by atoms with E-state index in [1.54, 1.807) is 6.08 Å². The van der Waals surface area contributed by atoms with E-state index < -0.39 is 5.97 Å². The van der Waals surface area contributed by atoms with E-state index in [4.69, 9.17) is 5.11 Å². The summed E-state index contributed by atoms with van der Waals surface area (Å²) in [4.78, 5) is 10.3. The molecular weight excluding hydrogens is 116 g/mol. The van der Waals surface area contributed by atoms with Gasteiger partial charge in [0.1, 0.15) is 0 Å². The molecule has 0 amide bonds. The minimum absolute atomic E-state index is 0.234. The lowest BCUT2D eigenvalue weighted by molar-refractivity contribution is -0.141.